The molecule has 120 valence electrons. The molecule has 1 aliphatic carbocycles. The second-order valence-corrected chi connectivity index (χ2v) is 6.29. The highest BCUT2D eigenvalue weighted by Gasteiger charge is 2.48. The molecule has 0 aromatic heterocycles. The van der Waals surface area contributed by atoms with Crippen LogP contribution in [0.25, 0.3) is 0 Å². The Hall–Kier alpha value is -2.43. The summed E-state index contributed by atoms with van der Waals surface area (Å²) in [5, 5.41) is 2.65. The van der Waals surface area contributed by atoms with E-state index in [-0.39, 0.29) is 23.6 Å². The number of carbonyl (C=O) groups is 3. The summed E-state index contributed by atoms with van der Waals surface area (Å²) in [4.78, 5) is 37.7. The number of allylic oxidation sites excluding steroid dienone is 1. The van der Waals surface area contributed by atoms with Crippen LogP contribution in [0.3, 0.4) is 0 Å². The van der Waals surface area contributed by atoms with Crippen molar-refractivity contribution in [3.63, 3.8) is 0 Å². The molecule has 3 rings (SSSR count). The summed E-state index contributed by atoms with van der Waals surface area (Å²) in [5.41, 5.74) is 1.30. The zero-order valence-electron chi connectivity index (χ0n) is 13.2. The molecule has 1 heterocycles. The first-order chi connectivity index (χ1) is 10.9. The predicted octanol–water partition coefficient (Wildman–Crippen LogP) is 2.51. The van der Waals surface area contributed by atoms with E-state index in [0.717, 1.165) is 0 Å². The van der Waals surface area contributed by atoms with Crippen LogP contribution in [0.4, 0.5) is 0 Å². The Bertz CT molecular complexity index is 720. The van der Waals surface area contributed by atoms with Crippen LogP contribution >= 0.6 is 0 Å². The molecule has 5 nitrogen and oxygen atoms in total. The van der Waals surface area contributed by atoms with Crippen LogP contribution < -0.4 is 10.1 Å². The molecule has 5 heteroatoms. The van der Waals surface area contributed by atoms with Crippen LogP contribution in [-0.4, -0.2) is 23.6 Å². The Balaban J connectivity index is 1.98. The fraction of sp³-hybridized carbons (Fsp3) is 0.389. The van der Waals surface area contributed by atoms with Crippen molar-refractivity contribution < 1.29 is 19.1 Å². The van der Waals surface area contributed by atoms with Gasteiger partial charge >= 0.3 is 0 Å². The summed E-state index contributed by atoms with van der Waals surface area (Å²) in [6.07, 6.45) is 0.935. The molecule has 0 bridgehead atoms. The fourth-order valence-electron chi connectivity index (χ4n) is 3.26. The summed E-state index contributed by atoms with van der Waals surface area (Å²) in [6.45, 7) is 7.45. The van der Waals surface area contributed by atoms with Gasteiger partial charge in [0, 0.05) is 11.3 Å². The van der Waals surface area contributed by atoms with Crippen molar-refractivity contribution in [2.75, 3.05) is 0 Å². The quantitative estimate of drug-likeness (QED) is 0.870. The van der Waals surface area contributed by atoms with E-state index in [1.54, 1.807) is 18.2 Å². The van der Waals surface area contributed by atoms with E-state index in [2.05, 4.69) is 11.9 Å². The van der Waals surface area contributed by atoms with E-state index < -0.39 is 11.8 Å². The topological polar surface area (TPSA) is 72.5 Å². The minimum Gasteiger partial charge on any atom is -0.490 e. The molecule has 2 atom stereocenters. The number of amides is 1. The highest BCUT2D eigenvalue weighted by atomic mass is 16.5. The molecule has 2 aliphatic rings. The van der Waals surface area contributed by atoms with Crippen molar-refractivity contribution in [3.8, 4) is 5.75 Å². The number of ether oxygens (including phenoxy) is 1. The van der Waals surface area contributed by atoms with Gasteiger partial charge < -0.3 is 10.1 Å². The highest BCUT2D eigenvalue weighted by Crippen LogP contribution is 2.39. The number of hydrogen-bond acceptors (Lipinski definition) is 4. The number of ketones is 2. The Morgan fingerprint density at radius 2 is 1.96 bits per heavy atom. The summed E-state index contributed by atoms with van der Waals surface area (Å²) in [6, 6.07) is 5.02. The number of carbonyl (C=O) groups excluding carboxylic acids is 3. The van der Waals surface area contributed by atoms with Crippen molar-refractivity contribution in [3.05, 3.63) is 41.6 Å². The molecule has 1 aliphatic heterocycles. The van der Waals surface area contributed by atoms with Gasteiger partial charge in [0.2, 0.25) is 5.91 Å². The zero-order chi connectivity index (χ0) is 16.7. The predicted molar refractivity (Wildman–Crippen MR) is 84.4 cm³/mol. The first-order valence-electron chi connectivity index (χ1n) is 7.77. The van der Waals surface area contributed by atoms with Crippen LogP contribution in [0.15, 0.2) is 30.5 Å². The smallest absolute Gasteiger partial charge is 0.228 e. The normalized spacial score (nSPS) is 24.0. The molecule has 0 saturated carbocycles. The second kappa shape index (κ2) is 5.65. The van der Waals surface area contributed by atoms with Gasteiger partial charge in [-0.1, -0.05) is 18.7 Å². The standard InChI is InChI=1S/C18H19NO4/c1-9(2)23-13-6-4-5-11-14(13)17(21)15(16(11)20)12-8-7-10(3)19-18(12)22/h4-6,9,12,15H,3,7-8H2,1-2H3,(H,19,22). The molecule has 1 fully saturated rings. The Labute approximate surface area is 134 Å². The molecule has 0 spiro atoms. The van der Waals surface area contributed by atoms with Crippen LogP contribution in [0.2, 0.25) is 0 Å². The number of nitrogens with one attached hydrogen (secondary N) is 1. The lowest BCUT2D eigenvalue weighted by molar-refractivity contribution is -0.126. The van der Waals surface area contributed by atoms with E-state index in [1.807, 2.05) is 13.8 Å². The van der Waals surface area contributed by atoms with Crippen LogP contribution in [0.1, 0.15) is 47.4 Å². The average molecular weight is 313 g/mol. The van der Waals surface area contributed by atoms with Crippen molar-refractivity contribution in [1.82, 2.24) is 5.32 Å². The number of piperidine rings is 1. The van der Waals surface area contributed by atoms with Gasteiger partial charge in [0.15, 0.2) is 11.6 Å². The van der Waals surface area contributed by atoms with Crippen molar-refractivity contribution in [2.24, 2.45) is 11.8 Å². The highest BCUT2D eigenvalue weighted by molar-refractivity contribution is 6.28. The Morgan fingerprint density at radius 1 is 1.22 bits per heavy atom. The molecule has 1 aromatic carbocycles. The number of fused-ring (bicyclic) bond motifs is 1. The minimum atomic E-state index is -0.949. The van der Waals surface area contributed by atoms with Gasteiger partial charge in [0.1, 0.15) is 5.75 Å². The largest absolute Gasteiger partial charge is 0.490 e. The molecule has 23 heavy (non-hydrogen) atoms. The Kier molecular flexibility index (Phi) is 3.80. The lowest BCUT2D eigenvalue weighted by Gasteiger charge is -2.26. The van der Waals surface area contributed by atoms with Crippen molar-refractivity contribution in [1.29, 1.82) is 0 Å². The van der Waals surface area contributed by atoms with E-state index in [0.29, 0.717) is 35.4 Å². The van der Waals surface area contributed by atoms with Crippen LogP contribution in [-0.2, 0) is 4.79 Å². The molecular formula is C18H19NO4. The van der Waals surface area contributed by atoms with Gasteiger partial charge in [0.25, 0.3) is 0 Å². The van der Waals surface area contributed by atoms with Gasteiger partial charge in [-0.2, -0.15) is 0 Å². The summed E-state index contributed by atoms with van der Waals surface area (Å²) in [5.74, 6) is -2.07. The monoisotopic (exact) mass is 313 g/mol. The van der Waals surface area contributed by atoms with E-state index in [4.69, 9.17) is 4.74 Å². The third kappa shape index (κ3) is 2.56. The second-order valence-electron chi connectivity index (χ2n) is 6.29. The summed E-state index contributed by atoms with van der Waals surface area (Å²) >= 11 is 0. The summed E-state index contributed by atoms with van der Waals surface area (Å²) < 4.78 is 5.67. The molecular weight excluding hydrogens is 294 g/mol. The lowest BCUT2D eigenvalue weighted by atomic mass is 9.82. The average Bonchev–Trinajstić information content (AvgIpc) is 2.72. The maximum Gasteiger partial charge on any atom is 0.228 e. The maximum absolute atomic E-state index is 12.8. The number of benzene rings is 1. The van der Waals surface area contributed by atoms with Gasteiger partial charge in [-0.25, -0.2) is 0 Å². The van der Waals surface area contributed by atoms with Crippen molar-refractivity contribution >= 4 is 17.5 Å². The first kappa shape index (κ1) is 15.5. The number of hydrogen-bond donors (Lipinski definition) is 1. The number of Topliss-reactive ketones (excluding diaryl/α,β-unsaturated/α-hetero) is 2. The molecule has 1 aromatic rings. The number of rotatable bonds is 3. The fourth-order valence-corrected chi connectivity index (χ4v) is 3.26. The SMILES string of the molecule is C=C1CCC(C2C(=O)c3cccc(OC(C)C)c3C2=O)C(=O)N1. The van der Waals surface area contributed by atoms with Gasteiger partial charge in [-0.15, -0.1) is 0 Å². The van der Waals surface area contributed by atoms with Crippen LogP contribution in [0.5, 0.6) is 5.75 Å². The first-order valence-corrected chi connectivity index (χ1v) is 7.77. The van der Waals surface area contributed by atoms with Gasteiger partial charge in [-0.05, 0) is 32.8 Å². The van der Waals surface area contributed by atoms with Crippen molar-refractivity contribution in [2.45, 2.75) is 32.8 Å². The molecule has 1 N–H and O–H groups in total. The molecule has 0 radical (unpaired) electrons. The lowest BCUT2D eigenvalue weighted by Crippen LogP contribution is -2.42. The third-order valence-electron chi connectivity index (χ3n) is 4.26. The van der Waals surface area contributed by atoms with Gasteiger partial charge in [-0.3, -0.25) is 14.4 Å². The van der Waals surface area contributed by atoms with E-state index >= 15 is 0 Å². The minimum absolute atomic E-state index is 0.107. The molecule has 2 unspecified atom stereocenters. The van der Waals surface area contributed by atoms with E-state index in [9.17, 15) is 14.4 Å². The third-order valence-corrected chi connectivity index (χ3v) is 4.26. The Morgan fingerprint density at radius 3 is 2.61 bits per heavy atom. The van der Waals surface area contributed by atoms with Crippen LogP contribution in [0, 0.1) is 11.8 Å². The van der Waals surface area contributed by atoms with E-state index in [1.165, 1.54) is 0 Å². The molecule has 1 saturated heterocycles. The maximum atomic E-state index is 12.8. The molecule has 1 amide bonds. The zero-order valence-corrected chi connectivity index (χ0v) is 13.2. The summed E-state index contributed by atoms with van der Waals surface area (Å²) in [7, 11) is 0. The van der Waals surface area contributed by atoms with Gasteiger partial charge in [0.05, 0.1) is 23.5 Å².